The molecule has 0 saturated heterocycles. The van der Waals surface area contributed by atoms with E-state index < -0.39 is 0 Å². The van der Waals surface area contributed by atoms with Gasteiger partial charge in [-0.1, -0.05) is 30.3 Å². The fourth-order valence-corrected chi connectivity index (χ4v) is 1.64. The molecule has 2 aromatic rings. The molecule has 0 aliphatic rings. The van der Waals surface area contributed by atoms with Gasteiger partial charge in [0.25, 0.3) is 0 Å². The molecule has 0 unspecified atom stereocenters. The number of ether oxygens (including phenoxy) is 2. The zero-order chi connectivity index (χ0) is 16.5. The number of para-hydroxylation sites is 1. The molecule has 0 atom stereocenters. The SMILES string of the molecule is CCC(=O)ON=C(C)COc1ccc(Oc2ccccc2)cc1. The third kappa shape index (κ3) is 5.82. The number of rotatable bonds is 7. The quantitative estimate of drug-likeness (QED) is 0.437. The van der Waals surface area contributed by atoms with Gasteiger partial charge in [-0.25, -0.2) is 4.79 Å². The summed E-state index contributed by atoms with van der Waals surface area (Å²) in [6, 6.07) is 16.8. The second kappa shape index (κ2) is 8.58. The van der Waals surface area contributed by atoms with Gasteiger partial charge >= 0.3 is 5.97 Å². The molecule has 0 aliphatic heterocycles. The highest BCUT2D eigenvalue weighted by atomic mass is 16.7. The molecule has 0 saturated carbocycles. The molecule has 0 heterocycles. The first-order chi connectivity index (χ1) is 11.2. The molecule has 0 radical (unpaired) electrons. The second-order valence-corrected chi connectivity index (χ2v) is 4.82. The van der Waals surface area contributed by atoms with Crippen molar-refractivity contribution >= 4 is 11.7 Å². The van der Waals surface area contributed by atoms with Crippen LogP contribution < -0.4 is 9.47 Å². The topological polar surface area (TPSA) is 57.1 Å². The van der Waals surface area contributed by atoms with Crippen molar-refractivity contribution in [1.29, 1.82) is 0 Å². The number of carbonyl (C=O) groups is 1. The smallest absolute Gasteiger partial charge is 0.334 e. The van der Waals surface area contributed by atoms with E-state index in [0.29, 0.717) is 17.9 Å². The fourth-order valence-electron chi connectivity index (χ4n) is 1.64. The van der Waals surface area contributed by atoms with E-state index in [2.05, 4.69) is 9.99 Å². The summed E-state index contributed by atoms with van der Waals surface area (Å²) < 4.78 is 11.3. The molecule has 23 heavy (non-hydrogen) atoms. The third-order valence-electron chi connectivity index (χ3n) is 2.84. The van der Waals surface area contributed by atoms with Gasteiger partial charge in [-0.15, -0.1) is 0 Å². The third-order valence-corrected chi connectivity index (χ3v) is 2.84. The highest BCUT2D eigenvalue weighted by molar-refractivity contribution is 5.83. The normalized spacial score (nSPS) is 11.0. The van der Waals surface area contributed by atoms with Crippen molar-refractivity contribution in [2.24, 2.45) is 5.16 Å². The van der Waals surface area contributed by atoms with Crippen LogP contribution in [0.15, 0.2) is 59.8 Å². The van der Waals surface area contributed by atoms with Crippen molar-refractivity contribution < 1.29 is 19.1 Å². The Balaban J connectivity index is 1.84. The molecule has 0 N–H and O–H groups in total. The molecular weight excluding hydrogens is 294 g/mol. The van der Waals surface area contributed by atoms with Gasteiger partial charge in [0.15, 0.2) is 0 Å². The van der Waals surface area contributed by atoms with Gasteiger partial charge in [-0.3, -0.25) is 0 Å². The molecule has 0 aliphatic carbocycles. The van der Waals surface area contributed by atoms with Crippen LogP contribution in [0.5, 0.6) is 17.2 Å². The summed E-state index contributed by atoms with van der Waals surface area (Å²) in [6.45, 7) is 3.69. The summed E-state index contributed by atoms with van der Waals surface area (Å²) in [7, 11) is 0. The van der Waals surface area contributed by atoms with Crippen LogP contribution in [0, 0.1) is 0 Å². The molecule has 0 spiro atoms. The van der Waals surface area contributed by atoms with Gasteiger partial charge in [0, 0.05) is 6.42 Å². The van der Waals surface area contributed by atoms with E-state index in [1.54, 1.807) is 13.8 Å². The predicted molar refractivity (Wildman–Crippen MR) is 87.9 cm³/mol. The van der Waals surface area contributed by atoms with E-state index in [0.717, 1.165) is 11.5 Å². The monoisotopic (exact) mass is 313 g/mol. The molecule has 120 valence electrons. The molecule has 5 nitrogen and oxygen atoms in total. The Morgan fingerprint density at radius 3 is 2.22 bits per heavy atom. The van der Waals surface area contributed by atoms with Gasteiger partial charge in [0.2, 0.25) is 0 Å². The van der Waals surface area contributed by atoms with E-state index in [-0.39, 0.29) is 12.6 Å². The van der Waals surface area contributed by atoms with Gasteiger partial charge in [0.05, 0.1) is 5.71 Å². The largest absolute Gasteiger partial charge is 0.488 e. The van der Waals surface area contributed by atoms with Crippen LogP contribution in [-0.2, 0) is 9.63 Å². The maximum absolute atomic E-state index is 11.0. The molecule has 2 rings (SSSR count). The maximum Gasteiger partial charge on any atom is 0.334 e. The van der Waals surface area contributed by atoms with Gasteiger partial charge < -0.3 is 14.3 Å². The highest BCUT2D eigenvalue weighted by Gasteiger charge is 2.01. The zero-order valence-corrected chi connectivity index (χ0v) is 13.2. The summed E-state index contributed by atoms with van der Waals surface area (Å²) in [5, 5.41) is 3.70. The summed E-state index contributed by atoms with van der Waals surface area (Å²) >= 11 is 0. The average Bonchev–Trinajstić information content (AvgIpc) is 2.60. The van der Waals surface area contributed by atoms with Crippen molar-refractivity contribution in [2.45, 2.75) is 20.3 Å². The van der Waals surface area contributed by atoms with E-state index in [9.17, 15) is 4.79 Å². The number of oxime groups is 1. The number of hydrogen-bond acceptors (Lipinski definition) is 5. The summed E-state index contributed by atoms with van der Waals surface area (Å²) in [6.07, 6.45) is 0.292. The van der Waals surface area contributed by atoms with Crippen LogP contribution in [0.25, 0.3) is 0 Å². The van der Waals surface area contributed by atoms with Crippen LogP contribution in [-0.4, -0.2) is 18.3 Å². The molecule has 2 aromatic carbocycles. The Labute approximate surface area is 135 Å². The molecule has 0 amide bonds. The van der Waals surface area contributed by atoms with E-state index >= 15 is 0 Å². The van der Waals surface area contributed by atoms with Crippen molar-refractivity contribution in [3.05, 3.63) is 54.6 Å². The van der Waals surface area contributed by atoms with Crippen LogP contribution in [0.4, 0.5) is 0 Å². The average molecular weight is 313 g/mol. The first kappa shape index (κ1) is 16.5. The number of carbonyl (C=O) groups excluding carboxylic acids is 1. The van der Waals surface area contributed by atoms with Crippen LogP contribution in [0.1, 0.15) is 20.3 Å². The van der Waals surface area contributed by atoms with Gasteiger partial charge in [-0.2, -0.15) is 0 Å². The summed E-state index contributed by atoms with van der Waals surface area (Å²) in [5.74, 6) is 1.82. The minimum Gasteiger partial charge on any atom is -0.488 e. The Bertz CT molecular complexity index is 650. The first-order valence-corrected chi connectivity index (χ1v) is 7.36. The minimum absolute atomic E-state index is 0.246. The van der Waals surface area contributed by atoms with Gasteiger partial charge in [0.1, 0.15) is 23.9 Å². The van der Waals surface area contributed by atoms with Crippen molar-refractivity contribution in [1.82, 2.24) is 0 Å². The standard InChI is InChI=1S/C18H19NO4/c1-3-18(20)23-19-14(2)13-21-15-9-11-17(12-10-15)22-16-7-5-4-6-8-16/h4-12H,3,13H2,1-2H3. The van der Waals surface area contributed by atoms with Crippen LogP contribution >= 0.6 is 0 Å². The lowest BCUT2D eigenvalue weighted by Crippen LogP contribution is -2.09. The van der Waals surface area contributed by atoms with Gasteiger partial charge in [-0.05, 0) is 43.3 Å². The molecule has 0 fully saturated rings. The molecule has 0 bridgehead atoms. The van der Waals surface area contributed by atoms with E-state index in [1.165, 1.54) is 0 Å². The lowest BCUT2D eigenvalue weighted by atomic mass is 10.3. The Morgan fingerprint density at radius 1 is 0.957 bits per heavy atom. The zero-order valence-electron chi connectivity index (χ0n) is 13.2. The Kier molecular flexibility index (Phi) is 6.17. The minimum atomic E-state index is -0.369. The first-order valence-electron chi connectivity index (χ1n) is 7.36. The lowest BCUT2D eigenvalue weighted by molar-refractivity contribution is -0.143. The number of benzene rings is 2. The lowest BCUT2D eigenvalue weighted by Gasteiger charge is -2.08. The van der Waals surface area contributed by atoms with Crippen molar-refractivity contribution in [2.75, 3.05) is 6.61 Å². The summed E-state index contributed by atoms with van der Waals surface area (Å²) in [4.78, 5) is 15.7. The molecule has 0 aromatic heterocycles. The number of nitrogens with zero attached hydrogens (tertiary/aromatic N) is 1. The molecule has 5 heteroatoms. The highest BCUT2D eigenvalue weighted by Crippen LogP contribution is 2.23. The van der Waals surface area contributed by atoms with Crippen molar-refractivity contribution in [3.8, 4) is 17.2 Å². The van der Waals surface area contributed by atoms with E-state index in [1.807, 2.05) is 54.6 Å². The molecular formula is C18H19NO4. The van der Waals surface area contributed by atoms with Crippen LogP contribution in [0.3, 0.4) is 0 Å². The Morgan fingerprint density at radius 2 is 1.57 bits per heavy atom. The second-order valence-electron chi connectivity index (χ2n) is 4.82. The fraction of sp³-hybridized carbons (Fsp3) is 0.222. The van der Waals surface area contributed by atoms with E-state index in [4.69, 9.17) is 9.47 Å². The van der Waals surface area contributed by atoms with Crippen molar-refractivity contribution in [3.63, 3.8) is 0 Å². The summed E-state index contributed by atoms with van der Waals surface area (Å²) in [5.41, 5.74) is 0.580. The maximum atomic E-state index is 11.0. The predicted octanol–water partition coefficient (Wildman–Crippen LogP) is 4.19. The Hall–Kier alpha value is -2.82. The van der Waals surface area contributed by atoms with Crippen LogP contribution in [0.2, 0.25) is 0 Å². The number of hydrogen-bond donors (Lipinski definition) is 0.